The van der Waals surface area contributed by atoms with Crippen LogP contribution in [0, 0.1) is 0 Å². The van der Waals surface area contributed by atoms with E-state index in [-0.39, 0.29) is 5.75 Å². The first-order chi connectivity index (χ1) is 7.22. The van der Waals surface area contributed by atoms with E-state index >= 15 is 0 Å². The third kappa shape index (κ3) is 4.49. The molecule has 0 bridgehead atoms. The zero-order chi connectivity index (χ0) is 11.1. The molecule has 0 heterocycles. The van der Waals surface area contributed by atoms with Gasteiger partial charge in [-0.1, -0.05) is 25.5 Å². The van der Waals surface area contributed by atoms with Gasteiger partial charge in [-0.15, -0.1) is 0 Å². The molecule has 0 saturated heterocycles. The fourth-order valence-electron chi connectivity index (χ4n) is 1.26. The summed E-state index contributed by atoms with van der Waals surface area (Å²) in [5.74, 6) is 0.939. The second-order valence-corrected chi connectivity index (χ2v) is 3.57. The number of aromatic hydroxyl groups is 1. The number of aliphatic imine (C=N–C) groups is 1. The van der Waals surface area contributed by atoms with Crippen molar-refractivity contribution in [3.05, 3.63) is 29.8 Å². The highest BCUT2D eigenvalue weighted by Gasteiger charge is 1.96. The molecular weight excluding hydrogens is 188 g/mol. The predicted octanol–water partition coefficient (Wildman–Crippen LogP) is 2.09. The average Bonchev–Trinajstić information content (AvgIpc) is 2.22. The first-order valence-electron chi connectivity index (χ1n) is 5.29. The van der Waals surface area contributed by atoms with Gasteiger partial charge in [0.2, 0.25) is 0 Å². The van der Waals surface area contributed by atoms with Crippen LogP contribution in [0.15, 0.2) is 29.3 Å². The number of amidine groups is 1. The van der Waals surface area contributed by atoms with Crippen LogP contribution in [0.4, 0.5) is 0 Å². The van der Waals surface area contributed by atoms with Crippen molar-refractivity contribution in [3.63, 3.8) is 0 Å². The van der Waals surface area contributed by atoms with Gasteiger partial charge in [-0.25, -0.2) is 0 Å². The lowest BCUT2D eigenvalue weighted by molar-refractivity contribution is 0.475. The van der Waals surface area contributed by atoms with Gasteiger partial charge in [0.25, 0.3) is 0 Å². The second kappa shape index (κ2) is 6.06. The molecule has 3 nitrogen and oxygen atoms in total. The monoisotopic (exact) mass is 206 g/mol. The topological polar surface area (TPSA) is 58.6 Å². The number of rotatable bonds is 5. The van der Waals surface area contributed by atoms with Gasteiger partial charge >= 0.3 is 0 Å². The molecule has 82 valence electrons. The Labute approximate surface area is 90.7 Å². The van der Waals surface area contributed by atoms with Gasteiger partial charge in [0.1, 0.15) is 5.75 Å². The highest BCUT2D eigenvalue weighted by molar-refractivity contribution is 5.82. The van der Waals surface area contributed by atoms with Crippen LogP contribution in [0.1, 0.15) is 25.3 Å². The summed E-state index contributed by atoms with van der Waals surface area (Å²) < 4.78 is 0. The molecule has 0 aliphatic heterocycles. The molecule has 1 rings (SSSR count). The lowest BCUT2D eigenvalue weighted by Gasteiger charge is -2.01. The van der Waals surface area contributed by atoms with Crippen molar-refractivity contribution in [1.29, 1.82) is 0 Å². The van der Waals surface area contributed by atoms with Crippen molar-refractivity contribution in [2.24, 2.45) is 10.7 Å². The lowest BCUT2D eigenvalue weighted by Crippen LogP contribution is -2.15. The summed E-state index contributed by atoms with van der Waals surface area (Å²) in [6, 6.07) is 7.04. The van der Waals surface area contributed by atoms with Crippen LogP contribution in [-0.4, -0.2) is 17.5 Å². The molecule has 0 fully saturated rings. The minimum absolute atomic E-state index is 0.278. The molecule has 0 aliphatic rings. The van der Waals surface area contributed by atoms with Crippen LogP contribution >= 0.6 is 0 Å². The van der Waals surface area contributed by atoms with Gasteiger partial charge in [0.05, 0.1) is 5.84 Å². The number of unbranched alkanes of at least 4 members (excludes halogenated alkanes) is 1. The second-order valence-electron chi connectivity index (χ2n) is 3.57. The Hall–Kier alpha value is -1.51. The van der Waals surface area contributed by atoms with Gasteiger partial charge in [0, 0.05) is 13.0 Å². The zero-order valence-electron chi connectivity index (χ0n) is 9.11. The van der Waals surface area contributed by atoms with Crippen LogP contribution in [0.25, 0.3) is 0 Å². The molecule has 0 amide bonds. The fraction of sp³-hybridized carbons (Fsp3) is 0.417. The maximum Gasteiger partial charge on any atom is 0.115 e. The molecule has 0 atom stereocenters. The van der Waals surface area contributed by atoms with E-state index in [0.29, 0.717) is 12.3 Å². The van der Waals surface area contributed by atoms with E-state index in [9.17, 15) is 0 Å². The van der Waals surface area contributed by atoms with Crippen molar-refractivity contribution in [2.45, 2.75) is 26.2 Å². The number of hydrogen-bond acceptors (Lipinski definition) is 2. The molecule has 0 spiro atoms. The zero-order valence-corrected chi connectivity index (χ0v) is 9.11. The van der Waals surface area contributed by atoms with Crippen LogP contribution in [0.5, 0.6) is 5.75 Å². The first-order valence-corrected chi connectivity index (χ1v) is 5.29. The molecule has 0 aromatic heterocycles. The van der Waals surface area contributed by atoms with Gasteiger partial charge in [-0.3, -0.25) is 4.99 Å². The fourth-order valence-corrected chi connectivity index (χ4v) is 1.26. The minimum Gasteiger partial charge on any atom is -0.508 e. The third-order valence-electron chi connectivity index (χ3n) is 2.15. The van der Waals surface area contributed by atoms with Crippen molar-refractivity contribution < 1.29 is 5.11 Å². The Kier molecular flexibility index (Phi) is 4.68. The number of nitrogens with two attached hydrogens (primary N) is 1. The largest absolute Gasteiger partial charge is 0.508 e. The Balaban J connectivity index is 2.47. The predicted molar refractivity (Wildman–Crippen MR) is 63.2 cm³/mol. The van der Waals surface area contributed by atoms with E-state index < -0.39 is 0 Å². The molecule has 0 radical (unpaired) electrons. The number of hydrogen-bond donors (Lipinski definition) is 2. The molecule has 3 N–H and O–H groups in total. The van der Waals surface area contributed by atoms with E-state index in [2.05, 4.69) is 11.9 Å². The lowest BCUT2D eigenvalue weighted by atomic mass is 10.1. The first kappa shape index (κ1) is 11.6. The maximum absolute atomic E-state index is 9.10. The molecule has 0 saturated carbocycles. The van der Waals surface area contributed by atoms with Crippen molar-refractivity contribution >= 4 is 5.84 Å². The normalized spacial score (nSPS) is 11.7. The summed E-state index contributed by atoms with van der Waals surface area (Å²) in [7, 11) is 0. The highest BCUT2D eigenvalue weighted by atomic mass is 16.3. The number of nitrogens with zero attached hydrogens (tertiary/aromatic N) is 1. The Morgan fingerprint density at radius 1 is 1.33 bits per heavy atom. The Bertz CT molecular complexity index is 317. The molecule has 0 aliphatic carbocycles. The van der Waals surface area contributed by atoms with Crippen LogP contribution in [0.2, 0.25) is 0 Å². The van der Waals surface area contributed by atoms with Crippen molar-refractivity contribution in [3.8, 4) is 5.75 Å². The highest BCUT2D eigenvalue weighted by Crippen LogP contribution is 2.09. The average molecular weight is 206 g/mol. The van der Waals surface area contributed by atoms with Gasteiger partial charge < -0.3 is 10.8 Å². The number of phenolic OH excluding ortho intramolecular Hbond substituents is 1. The Morgan fingerprint density at radius 3 is 2.60 bits per heavy atom. The summed E-state index contributed by atoms with van der Waals surface area (Å²) in [5, 5.41) is 9.10. The number of benzene rings is 1. The quantitative estimate of drug-likeness (QED) is 0.440. The molecule has 1 aromatic rings. The summed E-state index contributed by atoms with van der Waals surface area (Å²) in [5.41, 5.74) is 6.85. The molecule has 0 unspecified atom stereocenters. The molecule has 3 heteroatoms. The summed E-state index contributed by atoms with van der Waals surface area (Å²) in [6.45, 7) is 2.94. The SMILES string of the molecule is CCCCN=C(N)Cc1ccc(O)cc1. The molecule has 1 aromatic carbocycles. The number of phenols is 1. The third-order valence-corrected chi connectivity index (χ3v) is 2.15. The van der Waals surface area contributed by atoms with Gasteiger partial charge in [-0.05, 0) is 24.1 Å². The van der Waals surface area contributed by atoms with Crippen LogP contribution < -0.4 is 5.73 Å². The summed E-state index contributed by atoms with van der Waals surface area (Å²) in [6.07, 6.45) is 2.87. The van der Waals surface area contributed by atoms with Gasteiger partial charge in [-0.2, -0.15) is 0 Å². The smallest absolute Gasteiger partial charge is 0.115 e. The van der Waals surface area contributed by atoms with E-state index in [1.54, 1.807) is 12.1 Å². The van der Waals surface area contributed by atoms with Crippen molar-refractivity contribution in [2.75, 3.05) is 6.54 Å². The molecular formula is C12H18N2O. The van der Waals surface area contributed by atoms with Crippen LogP contribution in [0.3, 0.4) is 0 Å². The molecule has 15 heavy (non-hydrogen) atoms. The summed E-state index contributed by atoms with van der Waals surface area (Å²) in [4.78, 5) is 4.26. The minimum atomic E-state index is 0.278. The van der Waals surface area contributed by atoms with Crippen molar-refractivity contribution in [1.82, 2.24) is 0 Å². The van der Waals surface area contributed by atoms with Crippen LogP contribution in [-0.2, 0) is 6.42 Å². The van der Waals surface area contributed by atoms with E-state index in [4.69, 9.17) is 10.8 Å². The van der Waals surface area contributed by atoms with E-state index in [1.165, 1.54) is 0 Å². The van der Waals surface area contributed by atoms with Gasteiger partial charge in [0.15, 0.2) is 0 Å². The van der Waals surface area contributed by atoms with E-state index in [0.717, 1.165) is 24.9 Å². The summed E-state index contributed by atoms with van der Waals surface area (Å²) >= 11 is 0. The maximum atomic E-state index is 9.10. The Morgan fingerprint density at radius 2 is 2.00 bits per heavy atom. The standard InChI is InChI=1S/C12H18N2O/c1-2-3-8-14-12(13)9-10-4-6-11(15)7-5-10/h4-7,15H,2-3,8-9H2,1H3,(H2,13,14). The van der Waals surface area contributed by atoms with E-state index in [1.807, 2.05) is 12.1 Å².